The Bertz CT molecular complexity index is 1120. The minimum atomic E-state index is -0.237. The van der Waals surface area contributed by atoms with Gasteiger partial charge in [0, 0.05) is 17.5 Å². The Balaban J connectivity index is 1.37. The lowest BCUT2D eigenvalue weighted by Crippen LogP contribution is -2.34. The van der Waals surface area contributed by atoms with Crippen molar-refractivity contribution >= 4 is 17.5 Å². The fourth-order valence-electron chi connectivity index (χ4n) is 4.55. The van der Waals surface area contributed by atoms with E-state index in [1.54, 1.807) is 18.2 Å². The third-order valence-corrected chi connectivity index (χ3v) is 6.50. The predicted octanol–water partition coefficient (Wildman–Crippen LogP) is 4.65. The van der Waals surface area contributed by atoms with Gasteiger partial charge < -0.3 is 15.2 Å². The van der Waals surface area contributed by atoms with E-state index in [0.29, 0.717) is 28.8 Å². The van der Waals surface area contributed by atoms with Crippen molar-refractivity contribution in [3.63, 3.8) is 0 Å². The van der Waals surface area contributed by atoms with Crippen LogP contribution < -0.4 is 10.6 Å². The molecule has 0 saturated heterocycles. The number of nitrogens with zero attached hydrogens (tertiary/aromatic N) is 3. The summed E-state index contributed by atoms with van der Waals surface area (Å²) in [4.78, 5) is 25.9. The number of carbonyl (C=O) groups is 2. The molecule has 0 spiro atoms. The van der Waals surface area contributed by atoms with Crippen LogP contribution in [0.25, 0.3) is 0 Å². The van der Waals surface area contributed by atoms with Crippen LogP contribution in [0.4, 0.5) is 5.69 Å². The van der Waals surface area contributed by atoms with Crippen LogP contribution in [0, 0.1) is 5.92 Å². The first kappa shape index (κ1) is 21.3. The zero-order valence-electron chi connectivity index (χ0n) is 18.4. The summed E-state index contributed by atoms with van der Waals surface area (Å²) >= 11 is 0. The molecule has 2 heterocycles. The van der Waals surface area contributed by atoms with Crippen LogP contribution in [0.5, 0.6) is 0 Å². The molecule has 33 heavy (non-hydrogen) atoms. The van der Waals surface area contributed by atoms with Gasteiger partial charge in [0.2, 0.25) is 0 Å². The Morgan fingerprint density at radius 3 is 2.58 bits per heavy atom. The Kier molecular flexibility index (Phi) is 6.15. The molecule has 2 N–H and O–H groups in total. The molecule has 1 aromatic carbocycles. The zero-order valence-corrected chi connectivity index (χ0v) is 18.4. The summed E-state index contributed by atoms with van der Waals surface area (Å²) in [7, 11) is 0. The van der Waals surface area contributed by atoms with Crippen LogP contribution in [0.2, 0.25) is 0 Å². The van der Waals surface area contributed by atoms with Crippen molar-refractivity contribution < 1.29 is 14.1 Å². The monoisotopic (exact) mass is 445 g/mol. The normalized spacial score (nSPS) is 17.3. The maximum atomic E-state index is 13.1. The SMILES string of the molecule is O=C(Nc1ccnnc1)c1cccc(C(NC(=O)c2cc(C3CC3)on2)C2CCCCC2)c1. The fourth-order valence-corrected chi connectivity index (χ4v) is 4.55. The van der Waals surface area contributed by atoms with E-state index in [1.165, 1.54) is 18.8 Å². The molecule has 3 aromatic rings. The maximum absolute atomic E-state index is 13.1. The highest BCUT2D eigenvalue weighted by Gasteiger charge is 2.31. The average molecular weight is 446 g/mol. The summed E-state index contributed by atoms with van der Waals surface area (Å²) in [6.07, 6.45) is 10.8. The van der Waals surface area contributed by atoms with Gasteiger partial charge in [-0.2, -0.15) is 10.2 Å². The van der Waals surface area contributed by atoms with Gasteiger partial charge in [-0.15, -0.1) is 0 Å². The van der Waals surface area contributed by atoms with Crippen LogP contribution in [-0.4, -0.2) is 27.2 Å². The van der Waals surface area contributed by atoms with Crippen molar-refractivity contribution in [1.82, 2.24) is 20.7 Å². The topological polar surface area (TPSA) is 110 Å². The van der Waals surface area contributed by atoms with Crippen molar-refractivity contribution in [2.45, 2.75) is 56.9 Å². The molecule has 170 valence electrons. The first-order valence-electron chi connectivity index (χ1n) is 11.6. The molecule has 2 aliphatic carbocycles. The van der Waals surface area contributed by atoms with Gasteiger partial charge in [0.05, 0.1) is 24.1 Å². The molecule has 2 saturated carbocycles. The van der Waals surface area contributed by atoms with Crippen molar-refractivity contribution in [2.24, 2.45) is 5.92 Å². The lowest BCUT2D eigenvalue weighted by atomic mass is 9.80. The molecule has 8 nitrogen and oxygen atoms in total. The van der Waals surface area contributed by atoms with E-state index in [-0.39, 0.29) is 17.9 Å². The number of rotatable bonds is 7. The quantitative estimate of drug-likeness (QED) is 0.548. The fraction of sp³-hybridized carbons (Fsp3) is 0.400. The molecule has 2 amide bonds. The molecule has 8 heteroatoms. The average Bonchev–Trinajstić information content (AvgIpc) is 3.59. The molecule has 1 unspecified atom stereocenters. The number of hydrogen-bond donors (Lipinski definition) is 2. The summed E-state index contributed by atoms with van der Waals surface area (Å²) in [5.41, 5.74) is 2.34. The van der Waals surface area contributed by atoms with Crippen LogP contribution >= 0.6 is 0 Å². The Labute approximate surface area is 192 Å². The van der Waals surface area contributed by atoms with E-state index in [1.807, 2.05) is 18.2 Å². The van der Waals surface area contributed by atoms with E-state index >= 15 is 0 Å². The number of nitrogens with one attached hydrogen (secondary N) is 2. The second-order valence-corrected chi connectivity index (χ2v) is 8.95. The van der Waals surface area contributed by atoms with E-state index < -0.39 is 0 Å². The summed E-state index contributed by atoms with van der Waals surface area (Å²) in [6, 6.07) is 10.7. The third kappa shape index (κ3) is 5.10. The van der Waals surface area contributed by atoms with Crippen molar-refractivity contribution in [2.75, 3.05) is 5.32 Å². The summed E-state index contributed by atoms with van der Waals surface area (Å²) in [5.74, 6) is 1.03. The molecule has 2 aliphatic rings. The largest absolute Gasteiger partial charge is 0.360 e. The lowest BCUT2D eigenvalue weighted by Gasteiger charge is -2.31. The highest BCUT2D eigenvalue weighted by atomic mass is 16.5. The molecular weight excluding hydrogens is 418 g/mol. The number of benzene rings is 1. The number of anilines is 1. The van der Waals surface area contributed by atoms with Gasteiger partial charge in [-0.1, -0.05) is 36.6 Å². The first-order valence-corrected chi connectivity index (χ1v) is 11.6. The molecule has 0 aliphatic heterocycles. The van der Waals surface area contributed by atoms with Gasteiger partial charge in [0.25, 0.3) is 11.8 Å². The van der Waals surface area contributed by atoms with E-state index in [4.69, 9.17) is 4.52 Å². The molecular formula is C25H27N5O3. The molecule has 5 rings (SSSR count). The van der Waals surface area contributed by atoms with Gasteiger partial charge in [-0.25, -0.2) is 0 Å². The number of carbonyl (C=O) groups excluding carboxylic acids is 2. The smallest absolute Gasteiger partial charge is 0.273 e. The highest BCUT2D eigenvalue weighted by molar-refractivity contribution is 6.04. The maximum Gasteiger partial charge on any atom is 0.273 e. The molecule has 0 bridgehead atoms. The minimum Gasteiger partial charge on any atom is -0.360 e. The summed E-state index contributed by atoms with van der Waals surface area (Å²) in [5, 5.41) is 17.6. The molecule has 2 fully saturated rings. The van der Waals surface area contributed by atoms with Crippen LogP contribution in [0.3, 0.4) is 0 Å². The molecule has 1 atom stereocenters. The lowest BCUT2D eigenvalue weighted by molar-refractivity contribution is 0.0903. The second kappa shape index (κ2) is 9.52. The first-order chi connectivity index (χ1) is 16.2. The number of aromatic nitrogens is 3. The van der Waals surface area contributed by atoms with Crippen molar-refractivity contribution in [3.05, 3.63) is 71.4 Å². The van der Waals surface area contributed by atoms with E-state index in [2.05, 4.69) is 26.0 Å². The van der Waals surface area contributed by atoms with Gasteiger partial charge in [-0.05, 0) is 55.4 Å². The number of hydrogen-bond acceptors (Lipinski definition) is 6. The standard InChI is InChI=1S/C25H27N5O3/c31-24(28-20-11-12-26-27-15-20)19-8-4-7-18(13-19)23(17-5-2-1-3-6-17)29-25(32)21-14-22(33-30-21)16-9-10-16/h4,7-8,11-17,23H,1-3,5-6,9-10H2,(H,29,32)(H,26,28,31). The van der Waals surface area contributed by atoms with Crippen LogP contribution in [-0.2, 0) is 0 Å². The molecule has 2 aromatic heterocycles. The summed E-state index contributed by atoms with van der Waals surface area (Å²) < 4.78 is 5.38. The van der Waals surface area contributed by atoms with Gasteiger partial charge in [0.15, 0.2) is 5.69 Å². The van der Waals surface area contributed by atoms with Gasteiger partial charge in [-0.3, -0.25) is 9.59 Å². The van der Waals surface area contributed by atoms with Crippen molar-refractivity contribution in [3.8, 4) is 0 Å². The van der Waals surface area contributed by atoms with E-state index in [0.717, 1.165) is 49.8 Å². The van der Waals surface area contributed by atoms with Gasteiger partial charge >= 0.3 is 0 Å². The van der Waals surface area contributed by atoms with E-state index in [9.17, 15) is 9.59 Å². The Morgan fingerprint density at radius 1 is 0.970 bits per heavy atom. The van der Waals surface area contributed by atoms with Crippen LogP contribution in [0.1, 0.15) is 89.1 Å². The van der Waals surface area contributed by atoms with Crippen molar-refractivity contribution in [1.29, 1.82) is 0 Å². The second-order valence-electron chi connectivity index (χ2n) is 8.95. The minimum absolute atomic E-state index is 0.200. The number of amides is 2. The highest BCUT2D eigenvalue weighted by Crippen LogP contribution is 2.40. The van der Waals surface area contributed by atoms with Crippen LogP contribution in [0.15, 0.2) is 53.3 Å². The van der Waals surface area contributed by atoms with Gasteiger partial charge in [0.1, 0.15) is 5.76 Å². The Morgan fingerprint density at radius 2 is 1.82 bits per heavy atom. The summed E-state index contributed by atoms with van der Waals surface area (Å²) in [6.45, 7) is 0. The molecule has 0 radical (unpaired) electrons. The third-order valence-electron chi connectivity index (χ3n) is 6.50. The zero-order chi connectivity index (χ0) is 22.6. The predicted molar refractivity (Wildman–Crippen MR) is 122 cm³/mol. The Hall–Kier alpha value is -3.55.